The molecule has 9 heteroatoms. The van der Waals surface area contributed by atoms with Crippen molar-refractivity contribution in [1.82, 2.24) is 0 Å². The van der Waals surface area contributed by atoms with E-state index >= 15 is 0 Å². The predicted molar refractivity (Wildman–Crippen MR) is 141 cm³/mol. The largest absolute Gasteiger partial charge is 0.398 e. The van der Waals surface area contributed by atoms with Gasteiger partial charge in [0.25, 0.3) is 0 Å². The molecule has 3 aliphatic rings. The van der Waals surface area contributed by atoms with E-state index in [4.69, 9.17) is 20.5 Å². The Labute approximate surface area is 202 Å². The van der Waals surface area contributed by atoms with Crippen LogP contribution in [0.1, 0.15) is 49.3 Å². The van der Waals surface area contributed by atoms with Crippen LogP contribution in [0.4, 0.5) is 4.39 Å². The monoisotopic (exact) mass is 452 g/mol. The summed E-state index contributed by atoms with van der Waals surface area (Å²) in [6.45, 7) is 1.92. The highest BCUT2D eigenvalue weighted by molar-refractivity contribution is 6.58. The Morgan fingerprint density at radius 1 is 1.12 bits per heavy atom. The van der Waals surface area contributed by atoms with E-state index in [0.29, 0.717) is 17.0 Å². The van der Waals surface area contributed by atoms with Gasteiger partial charge in [0.2, 0.25) is 0 Å². The number of nitrogens with two attached hydrogens (primary N) is 1. The van der Waals surface area contributed by atoms with E-state index < -0.39 is 11.5 Å². The standard InChI is InChI=1S/C25H28B3FN4O/c1-14-22(31)33-24(32-14)21-11-16(18-8-15(13-30)9-19(29)10-18)2-3-17(21)12-23(24)6-4-20(5-7-23)34-25(26,27)28/h2-3,8-11,20H,4-7,12,26-28H2,1H3,(H2,31,33)/t20-,23-,24?. The van der Waals surface area contributed by atoms with Crippen LogP contribution in [0.25, 0.3) is 11.1 Å². The van der Waals surface area contributed by atoms with Gasteiger partial charge in [-0.15, -0.1) is 0 Å². The van der Waals surface area contributed by atoms with Gasteiger partial charge in [-0.25, -0.2) is 9.38 Å². The fourth-order valence-electron chi connectivity index (χ4n) is 6.05. The summed E-state index contributed by atoms with van der Waals surface area (Å²) in [5.41, 5.74) is 10.2. The smallest absolute Gasteiger partial charge is 0.184 e. The molecule has 0 bridgehead atoms. The molecule has 1 fully saturated rings. The SMILES string of the molecule is BC(B)(B)O[C@H]1CC[C@]2(CC1)Cc1ccc(-c3cc(F)cc(C#N)c3)cc1C21N=C(C)C(N)=N1. The molecular formula is C25H28B3FN4O. The second-order valence-corrected chi connectivity index (χ2v) is 11.0. The quantitative estimate of drug-likeness (QED) is 0.715. The molecule has 34 heavy (non-hydrogen) atoms. The molecule has 5 nitrogen and oxygen atoms in total. The number of ether oxygens (including phenoxy) is 1. The Kier molecular flexibility index (Phi) is 5.29. The minimum absolute atomic E-state index is 0.159. The third kappa shape index (κ3) is 3.69. The summed E-state index contributed by atoms with van der Waals surface area (Å²) in [6, 6.07) is 12.7. The lowest BCUT2D eigenvalue weighted by molar-refractivity contribution is -0.0271. The predicted octanol–water partition coefficient (Wildman–Crippen LogP) is 1.36. The Morgan fingerprint density at radius 2 is 1.85 bits per heavy atom. The van der Waals surface area contributed by atoms with Crippen LogP contribution < -0.4 is 5.73 Å². The molecule has 2 N–H and O–H groups in total. The van der Waals surface area contributed by atoms with Crippen molar-refractivity contribution >= 4 is 35.1 Å². The van der Waals surface area contributed by atoms with Crippen LogP contribution in [0.2, 0.25) is 0 Å². The first-order valence-electron chi connectivity index (χ1n) is 12.0. The van der Waals surface area contributed by atoms with Crippen molar-refractivity contribution in [2.24, 2.45) is 21.1 Å². The highest BCUT2D eigenvalue weighted by atomic mass is 19.1. The van der Waals surface area contributed by atoms with Gasteiger partial charge >= 0.3 is 0 Å². The molecule has 1 aliphatic heterocycles. The molecule has 5 rings (SSSR count). The first-order chi connectivity index (χ1) is 16.0. The summed E-state index contributed by atoms with van der Waals surface area (Å²) in [5.74, 6) is 0.0677. The number of fused-ring (bicyclic) bond motifs is 3. The van der Waals surface area contributed by atoms with Crippen molar-refractivity contribution < 1.29 is 9.13 Å². The van der Waals surface area contributed by atoms with Gasteiger partial charge in [-0.05, 0) is 85.3 Å². The lowest BCUT2D eigenvalue weighted by Gasteiger charge is -2.45. The van der Waals surface area contributed by atoms with Crippen LogP contribution in [0, 0.1) is 22.6 Å². The Hall–Kier alpha value is -2.85. The van der Waals surface area contributed by atoms with Gasteiger partial charge in [0.05, 0.1) is 23.4 Å². The second-order valence-electron chi connectivity index (χ2n) is 11.0. The molecule has 2 aliphatic carbocycles. The molecule has 0 amide bonds. The van der Waals surface area contributed by atoms with Crippen LogP contribution in [-0.4, -0.2) is 46.5 Å². The van der Waals surface area contributed by atoms with Crippen LogP contribution in [0.3, 0.4) is 0 Å². The number of rotatable bonds is 3. The van der Waals surface area contributed by atoms with Gasteiger partial charge in [-0.2, -0.15) is 5.26 Å². The average Bonchev–Trinajstić information content (AvgIpc) is 3.21. The van der Waals surface area contributed by atoms with Crippen molar-refractivity contribution in [3.05, 3.63) is 58.9 Å². The summed E-state index contributed by atoms with van der Waals surface area (Å²) >= 11 is 0. The van der Waals surface area contributed by atoms with Gasteiger partial charge in [0.1, 0.15) is 35.2 Å². The number of nitrogens with zero attached hydrogens (tertiary/aromatic N) is 3. The van der Waals surface area contributed by atoms with Crippen LogP contribution in [0.15, 0.2) is 46.4 Å². The molecule has 1 unspecified atom stereocenters. The third-order valence-corrected chi connectivity index (χ3v) is 7.51. The summed E-state index contributed by atoms with van der Waals surface area (Å²) in [5, 5.41) is 9.13. The Balaban J connectivity index is 1.57. The van der Waals surface area contributed by atoms with Crippen LogP contribution in [0.5, 0.6) is 0 Å². The normalized spacial score (nSPS) is 28.0. The molecular weight excluding hydrogens is 424 g/mol. The maximum Gasteiger partial charge on any atom is 0.184 e. The zero-order valence-corrected chi connectivity index (χ0v) is 20.3. The highest BCUT2D eigenvalue weighted by Gasteiger charge is 2.60. The van der Waals surface area contributed by atoms with E-state index in [1.165, 1.54) is 17.7 Å². The Bertz CT molecular complexity index is 1250. The third-order valence-electron chi connectivity index (χ3n) is 7.51. The van der Waals surface area contributed by atoms with Gasteiger partial charge in [-0.1, -0.05) is 12.1 Å². The molecule has 1 heterocycles. The number of benzene rings is 2. The van der Waals surface area contributed by atoms with Crippen molar-refractivity contribution in [2.75, 3.05) is 0 Å². The van der Waals surface area contributed by atoms with Crippen molar-refractivity contribution in [3.8, 4) is 17.2 Å². The van der Waals surface area contributed by atoms with Gasteiger partial charge in [0, 0.05) is 11.0 Å². The molecule has 0 radical (unpaired) electrons. The molecule has 1 saturated carbocycles. The van der Waals surface area contributed by atoms with Crippen molar-refractivity contribution in [1.29, 1.82) is 5.26 Å². The summed E-state index contributed by atoms with van der Waals surface area (Å²) < 4.78 is 20.5. The number of halogens is 1. The fraction of sp³-hybridized carbons (Fsp3) is 0.400. The van der Waals surface area contributed by atoms with Gasteiger partial charge < -0.3 is 10.5 Å². The number of amidine groups is 1. The number of hydrogen-bond donors (Lipinski definition) is 1. The van der Waals surface area contributed by atoms with Crippen molar-refractivity contribution in [2.45, 2.75) is 56.1 Å². The summed E-state index contributed by atoms with van der Waals surface area (Å²) in [4.78, 5) is 10.2. The van der Waals surface area contributed by atoms with E-state index in [9.17, 15) is 9.65 Å². The van der Waals surface area contributed by atoms with Gasteiger partial charge in [0.15, 0.2) is 5.66 Å². The fourth-order valence-corrected chi connectivity index (χ4v) is 6.05. The minimum atomic E-state index is -0.759. The number of hydrogen-bond acceptors (Lipinski definition) is 5. The molecule has 0 saturated heterocycles. The first kappa shape index (κ1) is 22.9. The van der Waals surface area contributed by atoms with E-state index in [0.717, 1.165) is 48.9 Å². The highest BCUT2D eigenvalue weighted by Crippen LogP contribution is 2.62. The number of aliphatic imine (C=N–C) groups is 2. The zero-order chi connectivity index (χ0) is 24.3. The maximum absolute atomic E-state index is 14.2. The van der Waals surface area contributed by atoms with Gasteiger partial charge in [-0.3, -0.25) is 4.99 Å². The average molecular weight is 452 g/mol. The lowest BCUT2D eigenvalue weighted by atomic mass is 9.52. The Morgan fingerprint density at radius 3 is 2.47 bits per heavy atom. The molecule has 1 atom stereocenters. The lowest BCUT2D eigenvalue weighted by Crippen LogP contribution is -2.46. The molecule has 2 spiro atoms. The topological polar surface area (TPSA) is 83.8 Å². The van der Waals surface area contributed by atoms with E-state index in [2.05, 4.69) is 35.7 Å². The zero-order valence-electron chi connectivity index (χ0n) is 20.3. The van der Waals surface area contributed by atoms with Crippen LogP contribution in [-0.2, 0) is 16.8 Å². The van der Waals surface area contributed by atoms with E-state index in [-0.39, 0.29) is 16.8 Å². The summed E-state index contributed by atoms with van der Waals surface area (Å²) in [6.07, 6.45) is 4.92. The second kappa shape index (κ2) is 7.85. The molecule has 2 aromatic rings. The summed E-state index contributed by atoms with van der Waals surface area (Å²) in [7, 11) is 6.31. The molecule has 0 aromatic heterocycles. The van der Waals surface area contributed by atoms with E-state index in [1.807, 2.05) is 19.1 Å². The molecule has 170 valence electrons. The first-order valence-corrected chi connectivity index (χ1v) is 12.0. The minimum Gasteiger partial charge on any atom is -0.398 e. The van der Waals surface area contributed by atoms with Crippen LogP contribution >= 0.6 is 0 Å². The van der Waals surface area contributed by atoms with E-state index in [1.54, 1.807) is 6.07 Å². The van der Waals surface area contributed by atoms with Crippen molar-refractivity contribution in [3.63, 3.8) is 0 Å². The maximum atomic E-state index is 14.2. The molecule has 2 aromatic carbocycles. The number of nitriles is 1.